The highest BCUT2D eigenvalue weighted by atomic mass is 16.5. The molecule has 3 rings (SSSR count). The van der Waals surface area contributed by atoms with Crippen molar-refractivity contribution in [1.29, 1.82) is 5.41 Å². The summed E-state index contributed by atoms with van der Waals surface area (Å²) in [6, 6.07) is 13.0. The molecule has 1 aromatic heterocycles. The normalized spacial score (nSPS) is 11.8. The number of nitrogens with one attached hydrogen (secondary N) is 3. The van der Waals surface area contributed by atoms with Crippen molar-refractivity contribution in [2.75, 3.05) is 18.5 Å². The number of rotatable bonds is 11. The maximum absolute atomic E-state index is 13.4. The van der Waals surface area contributed by atoms with Crippen LogP contribution in [0.3, 0.4) is 0 Å². The molecule has 0 aliphatic heterocycles. The number of carbonyl (C=O) groups is 3. The summed E-state index contributed by atoms with van der Waals surface area (Å²) in [5, 5.41) is 32.8. The molecular formula is C30H35N5O6. The fourth-order valence-corrected chi connectivity index (χ4v) is 4.25. The van der Waals surface area contributed by atoms with Crippen molar-refractivity contribution in [2.45, 2.75) is 40.2 Å². The second-order valence-electron chi connectivity index (χ2n) is 10.6. The van der Waals surface area contributed by atoms with E-state index in [4.69, 9.17) is 15.9 Å². The minimum absolute atomic E-state index is 0.0863. The van der Waals surface area contributed by atoms with Gasteiger partial charge in [-0.15, -0.1) is 0 Å². The molecule has 1 atom stereocenters. The van der Waals surface area contributed by atoms with Crippen LogP contribution in [0.1, 0.15) is 70.9 Å². The van der Waals surface area contributed by atoms with Gasteiger partial charge < -0.3 is 31.3 Å². The Kier molecular flexibility index (Phi) is 9.80. The highest BCUT2D eigenvalue weighted by Gasteiger charge is 2.24. The number of amidine groups is 1. The number of aromatic carboxylic acids is 1. The fourth-order valence-electron chi connectivity index (χ4n) is 4.25. The number of nitrogens with zero attached hydrogens (tertiary/aromatic N) is 1. The van der Waals surface area contributed by atoms with Crippen LogP contribution in [-0.4, -0.2) is 58.1 Å². The Morgan fingerprint density at radius 3 is 2.20 bits per heavy atom. The summed E-state index contributed by atoms with van der Waals surface area (Å²) in [7, 11) is 0. The Morgan fingerprint density at radius 1 is 1.00 bits per heavy atom. The lowest BCUT2D eigenvalue weighted by molar-refractivity contribution is 0.0697. The van der Waals surface area contributed by atoms with Crippen LogP contribution in [0, 0.1) is 10.8 Å². The van der Waals surface area contributed by atoms with Gasteiger partial charge in [0.15, 0.2) is 0 Å². The first kappa shape index (κ1) is 30.8. The number of aliphatic hydroxyl groups is 1. The molecule has 1 unspecified atom stereocenters. The lowest BCUT2D eigenvalue weighted by atomic mass is 9.88. The number of carboxylic acid groups (broad SMARTS) is 1. The van der Waals surface area contributed by atoms with Crippen LogP contribution >= 0.6 is 0 Å². The molecule has 2 aromatic carbocycles. The van der Waals surface area contributed by atoms with Gasteiger partial charge in [-0.25, -0.2) is 9.78 Å². The molecule has 0 fully saturated rings. The lowest BCUT2D eigenvalue weighted by Gasteiger charge is -2.25. The summed E-state index contributed by atoms with van der Waals surface area (Å²) in [5.74, 6) is -2.39. The maximum atomic E-state index is 13.4. The topological polar surface area (TPSA) is 188 Å². The van der Waals surface area contributed by atoms with Crippen molar-refractivity contribution in [3.63, 3.8) is 0 Å². The van der Waals surface area contributed by atoms with Gasteiger partial charge in [-0.3, -0.25) is 15.0 Å². The third kappa shape index (κ3) is 8.12. The smallest absolute Gasteiger partial charge is 0.336 e. The molecule has 0 spiro atoms. The van der Waals surface area contributed by atoms with E-state index in [1.54, 1.807) is 37.3 Å². The Labute approximate surface area is 238 Å². The average molecular weight is 562 g/mol. The van der Waals surface area contributed by atoms with E-state index in [1.807, 2.05) is 20.8 Å². The second kappa shape index (κ2) is 13.1. The monoisotopic (exact) mass is 561 g/mol. The standard InChI is InChI=1S/C30H35N5O6/c1-5-41-24-13-12-22(25(35-24)28(38)33-19-9-6-17(7-10-19)26(31)32)21-11-8-18(14-23(21)29(39)40)27(37)34-20(16-36)15-30(2,3)4/h6-14,20,36H,5,15-16H2,1-4H3,(H3,31,32)(H,33,38)(H,34,37)(H,39,40). The van der Waals surface area contributed by atoms with Gasteiger partial charge in [0.2, 0.25) is 5.88 Å². The van der Waals surface area contributed by atoms with Crippen molar-refractivity contribution in [2.24, 2.45) is 11.1 Å². The number of carbonyl (C=O) groups excluding carboxylic acids is 2. The number of hydrogen-bond donors (Lipinski definition) is 6. The van der Waals surface area contributed by atoms with E-state index in [0.717, 1.165) is 0 Å². The molecule has 1 heterocycles. The van der Waals surface area contributed by atoms with Crippen LogP contribution in [0.25, 0.3) is 11.1 Å². The van der Waals surface area contributed by atoms with E-state index in [-0.39, 0.29) is 51.7 Å². The van der Waals surface area contributed by atoms with Crippen molar-refractivity contribution in [3.8, 4) is 17.0 Å². The third-order valence-electron chi connectivity index (χ3n) is 6.05. The summed E-state index contributed by atoms with van der Waals surface area (Å²) in [6.07, 6.45) is 0.521. The molecule has 0 aliphatic carbocycles. The zero-order valence-corrected chi connectivity index (χ0v) is 23.4. The highest BCUT2D eigenvalue weighted by Crippen LogP contribution is 2.30. The van der Waals surface area contributed by atoms with Crippen LogP contribution in [0.15, 0.2) is 54.6 Å². The van der Waals surface area contributed by atoms with Crippen LogP contribution in [0.2, 0.25) is 0 Å². The van der Waals surface area contributed by atoms with Gasteiger partial charge in [-0.05, 0) is 66.8 Å². The average Bonchev–Trinajstić information content (AvgIpc) is 2.92. The number of nitrogens with two attached hydrogens (primary N) is 1. The molecule has 216 valence electrons. The number of aliphatic hydroxyl groups excluding tert-OH is 1. The van der Waals surface area contributed by atoms with E-state index in [1.165, 1.54) is 24.3 Å². The van der Waals surface area contributed by atoms with E-state index in [9.17, 15) is 24.6 Å². The number of anilines is 1. The molecule has 0 saturated heterocycles. The van der Waals surface area contributed by atoms with Crippen LogP contribution in [-0.2, 0) is 0 Å². The number of pyridine rings is 1. The third-order valence-corrected chi connectivity index (χ3v) is 6.05. The minimum Gasteiger partial charge on any atom is -0.478 e. The number of nitrogen functional groups attached to an aromatic ring is 1. The Balaban J connectivity index is 2.01. The predicted molar refractivity (Wildman–Crippen MR) is 156 cm³/mol. The minimum atomic E-state index is -1.30. The predicted octanol–water partition coefficient (Wildman–Crippen LogP) is 3.91. The van der Waals surface area contributed by atoms with Gasteiger partial charge in [0, 0.05) is 28.4 Å². The van der Waals surface area contributed by atoms with Crippen LogP contribution in [0.5, 0.6) is 5.88 Å². The van der Waals surface area contributed by atoms with E-state index < -0.39 is 23.8 Å². The van der Waals surface area contributed by atoms with E-state index >= 15 is 0 Å². The van der Waals surface area contributed by atoms with Crippen LogP contribution < -0.4 is 21.1 Å². The van der Waals surface area contributed by atoms with Gasteiger partial charge >= 0.3 is 5.97 Å². The van der Waals surface area contributed by atoms with Gasteiger partial charge in [0.05, 0.1) is 24.8 Å². The first-order valence-electron chi connectivity index (χ1n) is 13.0. The van der Waals surface area contributed by atoms with Crippen molar-refractivity contribution in [3.05, 3.63) is 77.0 Å². The lowest BCUT2D eigenvalue weighted by Crippen LogP contribution is -2.40. The molecule has 11 heteroatoms. The van der Waals surface area contributed by atoms with Crippen molar-refractivity contribution >= 4 is 29.3 Å². The molecular weight excluding hydrogens is 526 g/mol. The number of ether oxygens (including phenoxy) is 1. The molecule has 7 N–H and O–H groups in total. The van der Waals surface area contributed by atoms with Crippen molar-refractivity contribution in [1.82, 2.24) is 10.3 Å². The zero-order chi connectivity index (χ0) is 30.3. The molecule has 0 saturated carbocycles. The van der Waals surface area contributed by atoms with Crippen LogP contribution in [0.4, 0.5) is 5.69 Å². The Morgan fingerprint density at radius 2 is 1.63 bits per heavy atom. The summed E-state index contributed by atoms with van der Waals surface area (Å²) in [6.45, 7) is 7.76. The molecule has 3 aromatic rings. The Hall–Kier alpha value is -4.77. The first-order valence-corrected chi connectivity index (χ1v) is 13.0. The molecule has 0 bridgehead atoms. The fraction of sp³-hybridized carbons (Fsp3) is 0.300. The van der Waals surface area contributed by atoms with E-state index in [2.05, 4.69) is 15.6 Å². The highest BCUT2D eigenvalue weighted by molar-refractivity contribution is 6.10. The number of carboxylic acids is 1. The largest absolute Gasteiger partial charge is 0.478 e. The number of aromatic nitrogens is 1. The van der Waals surface area contributed by atoms with Gasteiger partial charge in [-0.2, -0.15) is 0 Å². The molecule has 11 nitrogen and oxygen atoms in total. The SMILES string of the molecule is CCOc1ccc(-c2ccc(C(=O)NC(CO)CC(C)(C)C)cc2C(=O)O)c(C(=O)Nc2ccc(C(=N)N)cc2)n1. The number of benzene rings is 2. The second-order valence-corrected chi connectivity index (χ2v) is 10.6. The maximum Gasteiger partial charge on any atom is 0.336 e. The van der Waals surface area contributed by atoms with Gasteiger partial charge in [-0.1, -0.05) is 26.8 Å². The van der Waals surface area contributed by atoms with Crippen molar-refractivity contribution < 1.29 is 29.3 Å². The quantitative estimate of drug-likeness (QED) is 0.150. The molecule has 2 amide bonds. The zero-order valence-electron chi connectivity index (χ0n) is 23.4. The summed E-state index contributed by atoms with van der Waals surface area (Å²) in [4.78, 5) is 43.0. The van der Waals surface area contributed by atoms with Gasteiger partial charge in [0.1, 0.15) is 11.5 Å². The molecule has 0 aliphatic rings. The molecule has 41 heavy (non-hydrogen) atoms. The summed E-state index contributed by atoms with van der Waals surface area (Å²) < 4.78 is 5.47. The number of hydrogen-bond acceptors (Lipinski definition) is 7. The van der Waals surface area contributed by atoms with Gasteiger partial charge in [0.25, 0.3) is 11.8 Å². The summed E-state index contributed by atoms with van der Waals surface area (Å²) in [5.41, 5.74) is 6.44. The number of amides is 2. The Bertz CT molecular complexity index is 1450. The first-order chi connectivity index (χ1) is 19.3. The molecule has 0 radical (unpaired) electrons. The summed E-state index contributed by atoms with van der Waals surface area (Å²) >= 11 is 0. The van der Waals surface area contributed by atoms with E-state index in [0.29, 0.717) is 24.3 Å².